The highest BCUT2D eigenvalue weighted by atomic mass is 35.5. The first-order chi connectivity index (χ1) is 15.8. The van der Waals surface area contributed by atoms with Crippen LogP contribution >= 0.6 is 11.6 Å². The number of aromatic nitrogens is 1. The number of hydrogen-bond acceptors (Lipinski definition) is 5. The molecule has 2 aliphatic heterocycles. The van der Waals surface area contributed by atoms with Crippen LogP contribution in [0.3, 0.4) is 0 Å². The number of alkyl halides is 3. The molecule has 1 aromatic carbocycles. The second-order valence-corrected chi connectivity index (χ2v) is 8.89. The molecule has 2 fully saturated rings. The van der Waals surface area contributed by atoms with Crippen molar-refractivity contribution in [2.24, 2.45) is 0 Å². The van der Waals surface area contributed by atoms with Crippen molar-refractivity contribution in [2.45, 2.75) is 12.7 Å². The fraction of sp³-hybridized carbons (Fsp3) is 0.478. The summed E-state index contributed by atoms with van der Waals surface area (Å²) in [5, 5.41) is 0.727. The standard InChI is InChI=1S/C23H27ClF3N5O/c24-20-4-1-18(2-5-20)16-29-9-13-32(14-10-29)22(33)17-30-7-11-31(12-8-30)21-6-3-19(15-28-21)23(25,26)27/h1-6,15H,7-14,16-17H2. The molecule has 0 N–H and O–H groups in total. The van der Waals surface area contributed by atoms with Gasteiger partial charge in [-0.1, -0.05) is 23.7 Å². The monoisotopic (exact) mass is 481 g/mol. The molecular formula is C23H27ClF3N5O. The third-order valence-electron chi connectivity index (χ3n) is 6.17. The zero-order valence-electron chi connectivity index (χ0n) is 18.3. The van der Waals surface area contributed by atoms with Crippen LogP contribution in [-0.2, 0) is 17.5 Å². The predicted molar refractivity (Wildman–Crippen MR) is 121 cm³/mol. The third-order valence-corrected chi connectivity index (χ3v) is 6.43. The molecule has 2 aromatic rings. The van der Waals surface area contributed by atoms with Gasteiger partial charge in [-0.2, -0.15) is 13.2 Å². The SMILES string of the molecule is O=C(CN1CCN(c2ccc(C(F)(F)F)cn2)CC1)N1CCN(Cc2ccc(Cl)cc2)CC1. The number of carbonyl (C=O) groups excluding carboxylic acids is 1. The van der Waals surface area contributed by atoms with Crippen molar-refractivity contribution in [3.8, 4) is 0 Å². The van der Waals surface area contributed by atoms with Gasteiger partial charge < -0.3 is 9.80 Å². The van der Waals surface area contributed by atoms with Crippen molar-refractivity contribution in [1.29, 1.82) is 0 Å². The van der Waals surface area contributed by atoms with Gasteiger partial charge in [0.25, 0.3) is 0 Å². The van der Waals surface area contributed by atoms with Gasteiger partial charge >= 0.3 is 6.18 Å². The number of benzene rings is 1. The van der Waals surface area contributed by atoms with Crippen LogP contribution in [0.5, 0.6) is 0 Å². The second kappa shape index (κ2) is 10.3. The molecule has 2 aliphatic rings. The van der Waals surface area contributed by atoms with E-state index in [-0.39, 0.29) is 5.91 Å². The maximum absolute atomic E-state index is 12.8. The quantitative estimate of drug-likeness (QED) is 0.656. The van der Waals surface area contributed by atoms with Gasteiger partial charge in [0.05, 0.1) is 12.1 Å². The Morgan fingerprint density at radius 3 is 2.09 bits per heavy atom. The lowest BCUT2D eigenvalue weighted by atomic mass is 10.2. The molecule has 0 atom stereocenters. The van der Waals surface area contributed by atoms with Gasteiger partial charge in [0, 0.05) is 70.1 Å². The highest BCUT2D eigenvalue weighted by Gasteiger charge is 2.31. The van der Waals surface area contributed by atoms with Gasteiger partial charge in [-0.15, -0.1) is 0 Å². The van der Waals surface area contributed by atoms with E-state index >= 15 is 0 Å². The first-order valence-electron chi connectivity index (χ1n) is 11.0. The average Bonchev–Trinajstić information content (AvgIpc) is 2.81. The van der Waals surface area contributed by atoms with Gasteiger partial charge in [0.2, 0.25) is 5.91 Å². The number of hydrogen-bond donors (Lipinski definition) is 0. The maximum Gasteiger partial charge on any atom is 0.417 e. The summed E-state index contributed by atoms with van der Waals surface area (Å²) < 4.78 is 38.2. The molecule has 0 bridgehead atoms. The summed E-state index contributed by atoms with van der Waals surface area (Å²) >= 11 is 5.94. The summed E-state index contributed by atoms with van der Waals surface area (Å²) in [4.78, 5) is 25.1. The van der Waals surface area contributed by atoms with Crippen molar-refractivity contribution < 1.29 is 18.0 Å². The van der Waals surface area contributed by atoms with Crippen molar-refractivity contribution >= 4 is 23.3 Å². The Hall–Kier alpha value is -2.36. The Morgan fingerprint density at radius 2 is 1.52 bits per heavy atom. The molecule has 0 spiro atoms. The van der Waals surface area contributed by atoms with Crippen LogP contribution < -0.4 is 4.90 Å². The van der Waals surface area contributed by atoms with Gasteiger partial charge in [0.1, 0.15) is 5.82 Å². The topological polar surface area (TPSA) is 42.9 Å². The summed E-state index contributed by atoms with van der Waals surface area (Å²) in [5.41, 5.74) is 0.461. The lowest BCUT2D eigenvalue weighted by Crippen LogP contribution is -2.53. The van der Waals surface area contributed by atoms with Gasteiger partial charge in [-0.3, -0.25) is 14.6 Å². The fourth-order valence-electron chi connectivity index (χ4n) is 4.17. The largest absolute Gasteiger partial charge is 0.417 e. The Balaban J connectivity index is 1.19. The molecule has 0 aliphatic carbocycles. The van der Waals surface area contributed by atoms with E-state index in [9.17, 15) is 18.0 Å². The number of anilines is 1. The van der Waals surface area contributed by atoms with Crippen LogP contribution in [0.2, 0.25) is 5.02 Å². The summed E-state index contributed by atoms with van der Waals surface area (Å²) in [5.74, 6) is 0.660. The van der Waals surface area contributed by atoms with Crippen LogP contribution in [-0.4, -0.2) is 84.5 Å². The zero-order chi connectivity index (χ0) is 23.4. The van der Waals surface area contributed by atoms with Crippen LogP contribution in [0, 0.1) is 0 Å². The van der Waals surface area contributed by atoms with Crippen molar-refractivity contribution in [2.75, 3.05) is 63.8 Å². The lowest BCUT2D eigenvalue weighted by molar-refractivity contribution is -0.138. The van der Waals surface area contributed by atoms with E-state index in [1.807, 2.05) is 34.1 Å². The Bertz CT molecular complexity index is 923. The van der Waals surface area contributed by atoms with Crippen LogP contribution in [0.15, 0.2) is 42.6 Å². The highest BCUT2D eigenvalue weighted by molar-refractivity contribution is 6.30. The van der Waals surface area contributed by atoms with E-state index in [0.29, 0.717) is 51.6 Å². The molecule has 2 saturated heterocycles. The molecule has 6 nitrogen and oxygen atoms in total. The predicted octanol–water partition coefficient (Wildman–Crippen LogP) is 3.22. The fourth-order valence-corrected chi connectivity index (χ4v) is 4.30. The Kier molecular flexibility index (Phi) is 7.41. The molecule has 1 aromatic heterocycles. The van der Waals surface area contributed by atoms with E-state index in [1.54, 1.807) is 0 Å². The van der Waals surface area contributed by atoms with Crippen LogP contribution in [0.4, 0.5) is 19.0 Å². The molecule has 0 unspecified atom stereocenters. The highest BCUT2D eigenvalue weighted by Crippen LogP contribution is 2.29. The number of halogens is 4. The molecule has 3 heterocycles. The minimum atomic E-state index is -4.38. The number of nitrogens with zero attached hydrogens (tertiary/aromatic N) is 5. The van der Waals surface area contributed by atoms with E-state index in [0.717, 1.165) is 36.9 Å². The van der Waals surface area contributed by atoms with Gasteiger partial charge in [0.15, 0.2) is 0 Å². The molecule has 33 heavy (non-hydrogen) atoms. The lowest BCUT2D eigenvalue weighted by Gasteiger charge is -2.38. The first kappa shape index (κ1) is 23.8. The van der Waals surface area contributed by atoms with E-state index in [1.165, 1.54) is 11.6 Å². The van der Waals surface area contributed by atoms with Crippen molar-refractivity contribution in [1.82, 2.24) is 19.7 Å². The van der Waals surface area contributed by atoms with Gasteiger partial charge in [-0.25, -0.2) is 4.98 Å². The van der Waals surface area contributed by atoms with Crippen LogP contribution in [0.25, 0.3) is 0 Å². The van der Waals surface area contributed by atoms with E-state index in [2.05, 4.69) is 14.8 Å². The van der Waals surface area contributed by atoms with Crippen molar-refractivity contribution in [3.05, 3.63) is 58.7 Å². The number of amides is 1. The normalized spacial score (nSPS) is 18.5. The Morgan fingerprint density at radius 1 is 0.879 bits per heavy atom. The van der Waals surface area contributed by atoms with E-state index < -0.39 is 11.7 Å². The summed E-state index contributed by atoms with van der Waals surface area (Å²) in [6, 6.07) is 10.3. The smallest absolute Gasteiger partial charge is 0.354 e. The molecule has 0 saturated carbocycles. The minimum absolute atomic E-state index is 0.127. The zero-order valence-corrected chi connectivity index (χ0v) is 19.0. The summed E-state index contributed by atoms with van der Waals surface area (Å²) in [6.45, 7) is 6.90. The summed E-state index contributed by atoms with van der Waals surface area (Å²) in [6.07, 6.45) is -3.51. The number of piperazine rings is 2. The van der Waals surface area contributed by atoms with Crippen LogP contribution in [0.1, 0.15) is 11.1 Å². The average molecular weight is 482 g/mol. The first-order valence-corrected chi connectivity index (χ1v) is 11.4. The summed E-state index contributed by atoms with van der Waals surface area (Å²) in [7, 11) is 0. The molecule has 4 rings (SSSR count). The van der Waals surface area contributed by atoms with Gasteiger partial charge in [-0.05, 0) is 29.8 Å². The maximum atomic E-state index is 12.8. The molecule has 10 heteroatoms. The second-order valence-electron chi connectivity index (χ2n) is 8.45. The number of pyridine rings is 1. The third kappa shape index (κ3) is 6.37. The molecular weight excluding hydrogens is 455 g/mol. The van der Waals surface area contributed by atoms with E-state index in [4.69, 9.17) is 11.6 Å². The minimum Gasteiger partial charge on any atom is -0.354 e. The molecule has 1 amide bonds. The molecule has 178 valence electrons. The number of carbonyl (C=O) groups is 1. The van der Waals surface area contributed by atoms with Crippen molar-refractivity contribution in [3.63, 3.8) is 0 Å². The molecule has 0 radical (unpaired) electrons. The Labute approximate surface area is 196 Å². The number of rotatable bonds is 5.